The van der Waals surface area contributed by atoms with E-state index in [0.29, 0.717) is 23.5 Å². The highest BCUT2D eigenvalue weighted by Crippen LogP contribution is 2.49. The maximum Gasteiger partial charge on any atom is 0.329 e. The first-order chi connectivity index (χ1) is 7.15. The molecule has 3 nitrogen and oxygen atoms in total. The van der Waals surface area contributed by atoms with E-state index >= 15 is 0 Å². The molecule has 9 heteroatoms. The standard InChI is InChI=1S/C7H4Br5O3P/c8-3-2(1-16(13,14)15)4(9)6(11)7(12)5(3)10/h1H2,(H2,13,14,15). The van der Waals surface area contributed by atoms with Crippen LogP contribution in [0.15, 0.2) is 22.4 Å². The molecule has 0 aromatic heterocycles. The summed E-state index contributed by atoms with van der Waals surface area (Å²) in [5.74, 6) is 0. The Morgan fingerprint density at radius 1 is 0.812 bits per heavy atom. The summed E-state index contributed by atoms with van der Waals surface area (Å²) in [4.78, 5) is 18.0. The third-order valence-electron chi connectivity index (χ3n) is 1.66. The Kier molecular flexibility index (Phi) is 5.76. The number of rotatable bonds is 2. The molecule has 2 N–H and O–H groups in total. The quantitative estimate of drug-likeness (QED) is 0.295. The highest BCUT2D eigenvalue weighted by molar-refractivity contribution is 9.15. The first kappa shape index (κ1) is 15.8. The van der Waals surface area contributed by atoms with E-state index in [-0.39, 0.29) is 6.16 Å². The Labute approximate surface area is 134 Å². The Morgan fingerprint density at radius 2 is 1.12 bits per heavy atom. The monoisotopic (exact) mass is 562 g/mol. The van der Waals surface area contributed by atoms with Gasteiger partial charge in [-0.15, -0.1) is 0 Å². The van der Waals surface area contributed by atoms with Crippen molar-refractivity contribution < 1.29 is 14.4 Å². The maximum absolute atomic E-state index is 11.0. The lowest BCUT2D eigenvalue weighted by molar-refractivity contribution is 0.371. The molecule has 0 aliphatic heterocycles. The van der Waals surface area contributed by atoms with Gasteiger partial charge in [0.05, 0.1) is 6.16 Å². The second kappa shape index (κ2) is 5.82. The minimum absolute atomic E-state index is 0.335. The second-order valence-corrected chi connectivity index (χ2v) is 8.48. The van der Waals surface area contributed by atoms with Gasteiger partial charge in [-0.2, -0.15) is 0 Å². The number of hydrogen-bond donors (Lipinski definition) is 2. The van der Waals surface area contributed by atoms with Gasteiger partial charge in [0, 0.05) is 22.4 Å². The maximum atomic E-state index is 11.0. The van der Waals surface area contributed by atoms with Crippen LogP contribution in [0.2, 0.25) is 0 Å². The fourth-order valence-electron chi connectivity index (χ4n) is 0.995. The van der Waals surface area contributed by atoms with Crippen LogP contribution in [-0.2, 0) is 10.7 Å². The van der Waals surface area contributed by atoms with Crippen LogP contribution in [0.1, 0.15) is 5.56 Å². The highest BCUT2D eigenvalue weighted by atomic mass is 79.9. The summed E-state index contributed by atoms with van der Waals surface area (Å²) in [5.41, 5.74) is 0.510. The summed E-state index contributed by atoms with van der Waals surface area (Å²) < 4.78 is 14.4. The SMILES string of the molecule is O=P(O)(O)Cc1c(Br)c(Br)c(Br)c(Br)c1Br. The normalized spacial score (nSPS) is 11.9. The molecule has 1 aromatic rings. The third-order valence-corrected chi connectivity index (χ3v) is 8.65. The minimum atomic E-state index is -4.11. The fraction of sp³-hybridized carbons (Fsp3) is 0.143. The second-order valence-electron chi connectivity index (χ2n) is 2.87. The predicted octanol–water partition coefficient (Wildman–Crippen LogP) is 5.18. The summed E-state index contributed by atoms with van der Waals surface area (Å²) >= 11 is 16.6. The topological polar surface area (TPSA) is 57.5 Å². The first-order valence-electron chi connectivity index (χ1n) is 3.70. The van der Waals surface area contributed by atoms with Gasteiger partial charge >= 0.3 is 7.60 Å². The van der Waals surface area contributed by atoms with Crippen molar-refractivity contribution >= 4 is 87.2 Å². The van der Waals surface area contributed by atoms with Crippen LogP contribution >= 0.6 is 87.2 Å². The Morgan fingerprint density at radius 3 is 1.44 bits per heavy atom. The molecule has 0 radical (unpaired) electrons. The summed E-state index contributed by atoms with van der Waals surface area (Å²) in [7, 11) is -4.11. The molecule has 16 heavy (non-hydrogen) atoms. The van der Waals surface area contributed by atoms with Gasteiger partial charge in [0.1, 0.15) is 0 Å². The van der Waals surface area contributed by atoms with E-state index < -0.39 is 7.60 Å². The molecule has 0 amide bonds. The zero-order valence-electron chi connectivity index (χ0n) is 7.35. The molecular formula is C7H4Br5O3P. The predicted molar refractivity (Wildman–Crippen MR) is 80.7 cm³/mol. The van der Waals surface area contributed by atoms with Gasteiger partial charge in [0.15, 0.2) is 0 Å². The van der Waals surface area contributed by atoms with E-state index in [4.69, 9.17) is 9.79 Å². The molecule has 0 fully saturated rings. The molecule has 0 unspecified atom stereocenters. The van der Waals surface area contributed by atoms with Crippen molar-refractivity contribution in [2.75, 3.05) is 0 Å². The molecule has 0 aliphatic carbocycles. The van der Waals surface area contributed by atoms with E-state index in [1.54, 1.807) is 0 Å². The smallest absolute Gasteiger partial charge is 0.324 e. The van der Waals surface area contributed by atoms with Crippen LogP contribution in [0.4, 0.5) is 0 Å². The Balaban J connectivity index is 3.46. The van der Waals surface area contributed by atoms with Crippen molar-refractivity contribution in [2.24, 2.45) is 0 Å². The molecule has 0 aliphatic rings. The van der Waals surface area contributed by atoms with Gasteiger partial charge in [-0.3, -0.25) is 4.57 Å². The average molecular weight is 567 g/mol. The van der Waals surface area contributed by atoms with Crippen molar-refractivity contribution in [2.45, 2.75) is 6.16 Å². The van der Waals surface area contributed by atoms with Crippen LogP contribution in [0.3, 0.4) is 0 Å². The zero-order valence-corrected chi connectivity index (χ0v) is 16.2. The molecular weight excluding hydrogens is 563 g/mol. The molecule has 1 rings (SSSR count). The van der Waals surface area contributed by atoms with Crippen molar-refractivity contribution in [3.05, 3.63) is 27.9 Å². The van der Waals surface area contributed by atoms with Gasteiger partial charge in [0.2, 0.25) is 0 Å². The van der Waals surface area contributed by atoms with Crippen LogP contribution in [-0.4, -0.2) is 9.79 Å². The Hall–Kier alpha value is 1.77. The zero-order chi connectivity index (χ0) is 12.7. The van der Waals surface area contributed by atoms with Crippen molar-refractivity contribution in [3.8, 4) is 0 Å². The van der Waals surface area contributed by atoms with Gasteiger partial charge < -0.3 is 9.79 Å². The van der Waals surface area contributed by atoms with Gasteiger partial charge in [-0.05, 0) is 85.2 Å². The van der Waals surface area contributed by atoms with Crippen LogP contribution in [0.5, 0.6) is 0 Å². The molecule has 0 saturated carbocycles. The van der Waals surface area contributed by atoms with Crippen molar-refractivity contribution in [1.29, 1.82) is 0 Å². The molecule has 0 saturated heterocycles. The summed E-state index contributed by atoms with van der Waals surface area (Å²) in [6.45, 7) is 0. The van der Waals surface area contributed by atoms with Crippen molar-refractivity contribution in [1.82, 2.24) is 0 Å². The molecule has 1 aromatic carbocycles. The number of halogens is 5. The van der Waals surface area contributed by atoms with E-state index in [1.807, 2.05) is 0 Å². The largest absolute Gasteiger partial charge is 0.329 e. The highest BCUT2D eigenvalue weighted by Gasteiger charge is 2.23. The van der Waals surface area contributed by atoms with Gasteiger partial charge in [-0.1, -0.05) is 0 Å². The first-order valence-corrected chi connectivity index (χ1v) is 9.46. The Bertz CT molecular complexity index is 454. The average Bonchev–Trinajstić information content (AvgIpc) is 2.17. The van der Waals surface area contributed by atoms with Gasteiger partial charge in [0.25, 0.3) is 0 Å². The molecule has 0 bridgehead atoms. The van der Waals surface area contributed by atoms with Crippen LogP contribution < -0.4 is 0 Å². The van der Waals surface area contributed by atoms with Gasteiger partial charge in [-0.25, -0.2) is 0 Å². The lowest BCUT2D eigenvalue weighted by Gasteiger charge is -2.14. The van der Waals surface area contributed by atoms with Crippen LogP contribution in [0, 0.1) is 0 Å². The van der Waals surface area contributed by atoms with Crippen molar-refractivity contribution in [3.63, 3.8) is 0 Å². The van der Waals surface area contributed by atoms with E-state index in [0.717, 1.165) is 4.47 Å². The fourth-order valence-corrected chi connectivity index (χ4v) is 5.57. The summed E-state index contributed by atoms with van der Waals surface area (Å²) in [6.07, 6.45) is -0.335. The van der Waals surface area contributed by atoms with E-state index in [1.165, 1.54) is 0 Å². The van der Waals surface area contributed by atoms with E-state index in [9.17, 15) is 4.57 Å². The summed E-state index contributed by atoms with van der Waals surface area (Å²) in [5, 5.41) is 0. The summed E-state index contributed by atoms with van der Waals surface area (Å²) in [6, 6.07) is 0. The third kappa shape index (κ3) is 3.63. The number of benzene rings is 1. The lowest BCUT2D eigenvalue weighted by Crippen LogP contribution is -1.94. The molecule has 90 valence electrons. The van der Waals surface area contributed by atoms with E-state index in [2.05, 4.69) is 79.6 Å². The molecule has 0 spiro atoms. The minimum Gasteiger partial charge on any atom is -0.324 e. The molecule has 0 heterocycles. The van der Waals surface area contributed by atoms with Crippen LogP contribution in [0.25, 0.3) is 0 Å². The number of hydrogen-bond acceptors (Lipinski definition) is 1. The lowest BCUT2D eigenvalue weighted by atomic mass is 10.2. The molecule has 0 atom stereocenters.